The molecule has 0 atom stereocenters. The summed E-state index contributed by atoms with van der Waals surface area (Å²) in [4.78, 5) is 8.35. The Balaban J connectivity index is 0. The Morgan fingerprint density at radius 3 is 1.50 bits per heavy atom. The minimum Gasteiger partial charge on any atom is -0.772 e. The van der Waals surface area contributed by atoms with Gasteiger partial charge >= 0.3 is 0 Å². The number of nitrogens with zero attached hydrogens (tertiary/aromatic N) is 1. The zero-order chi connectivity index (χ0) is 7.21. The lowest BCUT2D eigenvalue weighted by Gasteiger charge is -2.17. The van der Waals surface area contributed by atoms with E-state index in [9.17, 15) is 0 Å². The molecule has 3 nitrogen and oxygen atoms in total. The summed E-state index contributed by atoms with van der Waals surface area (Å²) >= 11 is 0. The summed E-state index contributed by atoms with van der Waals surface area (Å²) in [6.07, 6.45) is 0. The number of quaternary nitrogens is 1. The molecule has 5 heteroatoms. The quantitative estimate of drug-likeness (QED) is 0.315. The summed E-state index contributed by atoms with van der Waals surface area (Å²) in [7, 11) is 6.72. The summed E-state index contributed by atoms with van der Waals surface area (Å²) in [5, 5.41) is 0. The molecular formula is C3H12NO2PSi. The monoisotopic (exact) mass is 153 g/mol. The first kappa shape index (κ1) is 11.1. The minimum absolute atomic E-state index is 1.08. The van der Waals surface area contributed by atoms with E-state index in [1.54, 1.807) is 0 Å². The van der Waals surface area contributed by atoms with Gasteiger partial charge in [-0.05, 0) is 0 Å². The maximum Gasteiger partial charge on any atom is 0.238 e. The molecule has 0 bridgehead atoms. The highest BCUT2D eigenvalue weighted by Gasteiger charge is 1.87. The zero-order valence-corrected chi connectivity index (χ0v) is 8.61. The molecule has 8 heavy (non-hydrogen) atoms. The lowest BCUT2D eigenvalue weighted by molar-refractivity contribution is -0.749. The molecule has 0 aromatic carbocycles. The normalized spacial score (nSPS) is 10.5. The van der Waals surface area contributed by atoms with Crippen molar-refractivity contribution >= 4 is 19.1 Å². The van der Waals surface area contributed by atoms with Gasteiger partial charge in [0, 0.05) is 0 Å². The van der Waals surface area contributed by atoms with Gasteiger partial charge in [-0.3, -0.25) is 4.57 Å². The van der Waals surface area contributed by atoms with Gasteiger partial charge in [0.2, 0.25) is 10.4 Å². The van der Waals surface area contributed by atoms with E-state index in [0.717, 1.165) is 4.15 Å². The molecular weight excluding hydrogens is 141 g/mol. The van der Waals surface area contributed by atoms with E-state index in [1.165, 1.54) is 10.4 Å². The molecule has 0 fully saturated rings. The van der Waals surface area contributed by atoms with Crippen molar-refractivity contribution in [1.29, 1.82) is 0 Å². The smallest absolute Gasteiger partial charge is 0.238 e. The molecule has 0 spiro atoms. The average molecular weight is 153 g/mol. The standard InChI is InChI=1S/C3H12NSi.HO2P/c1-4(2,3)5;1-3-2/h1-3,5H3;(H,1,2)/q+1;/p-1. The second kappa shape index (κ2) is 5.38. The van der Waals surface area contributed by atoms with Gasteiger partial charge in [-0.25, -0.2) is 0 Å². The molecule has 0 heterocycles. The average Bonchev–Trinajstić information content (AvgIpc) is 1.27. The van der Waals surface area contributed by atoms with E-state index in [0.29, 0.717) is 0 Å². The number of hydrogen-bond donors (Lipinski definition) is 0. The van der Waals surface area contributed by atoms with Crippen molar-refractivity contribution in [2.24, 2.45) is 0 Å². The molecule has 0 saturated carbocycles. The van der Waals surface area contributed by atoms with Gasteiger partial charge in [0.15, 0.2) is 0 Å². The predicted molar refractivity (Wildman–Crippen MR) is 35.6 cm³/mol. The van der Waals surface area contributed by atoms with Crippen LogP contribution in [0.2, 0.25) is 0 Å². The first-order valence-corrected chi connectivity index (χ1v) is 3.78. The van der Waals surface area contributed by atoms with Crippen LogP contribution in [-0.2, 0) is 4.57 Å². The molecule has 0 aliphatic heterocycles. The van der Waals surface area contributed by atoms with Crippen LogP contribution in [0.15, 0.2) is 0 Å². The van der Waals surface area contributed by atoms with Crippen LogP contribution in [0.25, 0.3) is 0 Å². The first-order valence-electron chi connectivity index (χ1n) is 2.15. The summed E-state index contributed by atoms with van der Waals surface area (Å²) in [6, 6.07) is 0. The van der Waals surface area contributed by atoms with E-state index in [-0.39, 0.29) is 0 Å². The summed E-state index contributed by atoms with van der Waals surface area (Å²) in [5.74, 6) is 0. The number of hydrogen-bond acceptors (Lipinski definition) is 2. The molecule has 0 unspecified atom stereocenters. The van der Waals surface area contributed by atoms with Crippen LogP contribution in [0, 0.1) is 0 Å². The molecule has 0 saturated heterocycles. The van der Waals surface area contributed by atoms with Crippen molar-refractivity contribution in [2.45, 2.75) is 0 Å². The zero-order valence-electron chi connectivity index (χ0n) is 5.71. The second-order valence-corrected chi connectivity index (χ2v) is 5.59. The van der Waals surface area contributed by atoms with Crippen molar-refractivity contribution in [3.63, 3.8) is 0 Å². The third-order valence-electron chi connectivity index (χ3n) is 0. The maximum absolute atomic E-state index is 8.35. The second-order valence-electron chi connectivity index (χ2n) is 2.76. The number of rotatable bonds is 0. The molecule has 0 aliphatic carbocycles. The lowest BCUT2D eigenvalue weighted by atomic mass is 11.0. The molecule has 0 aliphatic rings. The fraction of sp³-hybridized carbons (Fsp3) is 1.00. The molecule has 0 rings (SSSR count). The highest BCUT2D eigenvalue weighted by atomic mass is 31.1. The van der Waals surface area contributed by atoms with Gasteiger partial charge < -0.3 is 9.04 Å². The maximum atomic E-state index is 8.35. The van der Waals surface area contributed by atoms with Crippen LogP contribution in [0.5, 0.6) is 0 Å². The highest BCUT2D eigenvalue weighted by Crippen LogP contribution is 1.71. The Labute approximate surface area is 54.7 Å². The summed E-state index contributed by atoms with van der Waals surface area (Å²) in [5.41, 5.74) is 0. The summed E-state index contributed by atoms with van der Waals surface area (Å²) in [6.45, 7) is 0. The molecule has 0 aromatic heterocycles. The Bertz CT molecular complexity index is 56.8. The molecule has 0 N–H and O–H groups in total. The van der Waals surface area contributed by atoms with Gasteiger partial charge in [0.25, 0.3) is 0 Å². The van der Waals surface area contributed by atoms with Crippen molar-refractivity contribution < 1.29 is 13.6 Å². The fourth-order valence-electron chi connectivity index (χ4n) is 0. The Morgan fingerprint density at radius 2 is 1.50 bits per heavy atom. The van der Waals surface area contributed by atoms with Gasteiger partial charge in [0.1, 0.15) is 0 Å². The van der Waals surface area contributed by atoms with E-state index >= 15 is 0 Å². The third-order valence-corrected chi connectivity index (χ3v) is 0. The fourth-order valence-corrected chi connectivity index (χ4v) is 0. The van der Waals surface area contributed by atoms with E-state index < -0.39 is 8.69 Å². The van der Waals surface area contributed by atoms with E-state index in [4.69, 9.17) is 9.46 Å². The van der Waals surface area contributed by atoms with Gasteiger partial charge in [-0.1, -0.05) is 0 Å². The van der Waals surface area contributed by atoms with Crippen LogP contribution in [0.3, 0.4) is 0 Å². The first-order chi connectivity index (χ1) is 3.41. The van der Waals surface area contributed by atoms with Crippen LogP contribution in [-0.4, -0.2) is 35.7 Å². The Kier molecular flexibility index (Phi) is 7.45. The van der Waals surface area contributed by atoms with Crippen LogP contribution < -0.4 is 4.89 Å². The Morgan fingerprint density at radius 1 is 1.50 bits per heavy atom. The van der Waals surface area contributed by atoms with Crippen molar-refractivity contribution in [3.8, 4) is 0 Å². The Hall–Kier alpha value is 0.237. The van der Waals surface area contributed by atoms with Crippen LogP contribution >= 0.6 is 8.69 Å². The van der Waals surface area contributed by atoms with Crippen molar-refractivity contribution in [3.05, 3.63) is 0 Å². The van der Waals surface area contributed by atoms with E-state index in [1.807, 2.05) is 0 Å². The van der Waals surface area contributed by atoms with Gasteiger partial charge in [0.05, 0.1) is 29.8 Å². The van der Waals surface area contributed by atoms with E-state index in [2.05, 4.69) is 21.1 Å². The largest absolute Gasteiger partial charge is 0.772 e. The predicted octanol–water partition coefficient (Wildman–Crippen LogP) is -1.47. The van der Waals surface area contributed by atoms with Crippen LogP contribution in [0.1, 0.15) is 0 Å². The summed E-state index contributed by atoms with van der Waals surface area (Å²) < 4.78 is 9.49. The van der Waals surface area contributed by atoms with Gasteiger partial charge in [-0.2, -0.15) is 0 Å². The molecule has 0 amide bonds. The highest BCUT2D eigenvalue weighted by molar-refractivity contribution is 7.14. The molecule has 0 aromatic rings. The van der Waals surface area contributed by atoms with Crippen molar-refractivity contribution in [1.82, 2.24) is 0 Å². The van der Waals surface area contributed by atoms with Gasteiger partial charge in [-0.15, -0.1) is 0 Å². The molecule has 0 radical (unpaired) electrons. The third kappa shape index (κ3) is 3050. The topological polar surface area (TPSA) is 40.1 Å². The van der Waals surface area contributed by atoms with Crippen molar-refractivity contribution in [2.75, 3.05) is 21.1 Å². The lowest BCUT2D eigenvalue weighted by Crippen LogP contribution is -2.29. The minimum atomic E-state index is -1.08. The van der Waals surface area contributed by atoms with Crippen LogP contribution in [0.4, 0.5) is 0 Å². The molecule has 50 valence electrons. The SMILES string of the molecule is C[N+](C)(C)[SiH3].O=P[O-].